The Morgan fingerprint density at radius 3 is 3.12 bits per heavy atom. The maximum absolute atomic E-state index is 5.74. The molecule has 0 aliphatic carbocycles. The molecule has 1 aromatic heterocycles. The van der Waals surface area contributed by atoms with Gasteiger partial charge in [0.2, 0.25) is 0 Å². The Labute approximate surface area is 105 Å². The molecular formula is C13H14N2OS. The zero-order valence-corrected chi connectivity index (χ0v) is 10.5. The first-order valence-electron chi connectivity index (χ1n) is 5.67. The Balaban J connectivity index is 1.59. The van der Waals surface area contributed by atoms with Crippen molar-refractivity contribution in [3.63, 3.8) is 0 Å². The van der Waals surface area contributed by atoms with Crippen LogP contribution in [0.25, 0.3) is 0 Å². The maximum Gasteiger partial charge on any atom is 0.157 e. The van der Waals surface area contributed by atoms with Crippen molar-refractivity contribution in [1.29, 1.82) is 0 Å². The normalized spacial score (nSPS) is 18.1. The summed E-state index contributed by atoms with van der Waals surface area (Å²) in [6.07, 6.45) is 4.75. The summed E-state index contributed by atoms with van der Waals surface area (Å²) in [5.74, 6) is 0.851. The number of nitrogens with zero attached hydrogens (tertiary/aromatic N) is 2. The first-order valence-corrected chi connectivity index (χ1v) is 6.55. The van der Waals surface area contributed by atoms with E-state index in [-0.39, 0.29) is 0 Å². The summed E-state index contributed by atoms with van der Waals surface area (Å²) in [5.41, 5.74) is 1.44. The summed E-state index contributed by atoms with van der Waals surface area (Å²) in [7, 11) is 1.90. The van der Waals surface area contributed by atoms with Crippen molar-refractivity contribution >= 4 is 11.8 Å². The van der Waals surface area contributed by atoms with Gasteiger partial charge in [-0.2, -0.15) is 5.10 Å². The molecular weight excluding hydrogens is 232 g/mol. The molecule has 1 aromatic carbocycles. The third-order valence-corrected chi connectivity index (χ3v) is 4.12. The van der Waals surface area contributed by atoms with E-state index in [9.17, 15) is 0 Å². The van der Waals surface area contributed by atoms with Gasteiger partial charge in [-0.25, -0.2) is 0 Å². The summed E-state index contributed by atoms with van der Waals surface area (Å²) < 4.78 is 7.49. The second-order valence-corrected chi connectivity index (χ2v) is 5.55. The minimum atomic E-state index is 0.521. The molecule has 3 nitrogen and oxygen atoms in total. The van der Waals surface area contributed by atoms with E-state index in [1.165, 1.54) is 10.5 Å². The number of aryl methyl sites for hydroxylation is 1. The number of thioether (sulfide) groups is 1. The van der Waals surface area contributed by atoms with E-state index in [0.717, 1.165) is 18.8 Å². The highest BCUT2D eigenvalue weighted by Crippen LogP contribution is 2.36. The highest BCUT2D eigenvalue weighted by Gasteiger charge is 2.22. The van der Waals surface area contributed by atoms with Crippen molar-refractivity contribution in [3.8, 4) is 5.75 Å². The van der Waals surface area contributed by atoms with Crippen molar-refractivity contribution in [2.75, 3.05) is 6.61 Å². The number of benzene rings is 1. The fraction of sp³-hybridized carbons (Fsp3) is 0.308. The Morgan fingerprint density at radius 2 is 2.35 bits per heavy atom. The Bertz CT molecular complexity index is 499. The maximum atomic E-state index is 5.74. The molecule has 88 valence electrons. The lowest BCUT2D eigenvalue weighted by Crippen LogP contribution is -2.13. The van der Waals surface area contributed by atoms with Gasteiger partial charge >= 0.3 is 0 Å². The molecule has 1 aliphatic heterocycles. The average molecular weight is 246 g/mol. The summed E-state index contributed by atoms with van der Waals surface area (Å²) >= 11 is 1.91. The lowest BCUT2D eigenvalue weighted by molar-refractivity contribution is 0.317. The predicted octanol–water partition coefficient (Wildman–Crippen LogP) is 2.52. The van der Waals surface area contributed by atoms with E-state index in [0.29, 0.717) is 5.25 Å². The largest absolute Gasteiger partial charge is 0.489 e. The number of rotatable bonds is 3. The topological polar surface area (TPSA) is 27.1 Å². The van der Waals surface area contributed by atoms with E-state index in [1.54, 1.807) is 10.9 Å². The van der Waals surface area contributed by atoms with Crippen LogP contribution in [0.1, 0.15) is 5.56 Å². The van der Waals surface area contributed by atoms with E-state index >= 15 is 0 Å². The van der Waals surface area contributed by atoms with Crippen LogP contribution in [0.4, 0.5) is 0 Å². The summed E-state index contributed by atoms with van der Waals surface area (Å²) in [6, 6.07) is 8.58. The van der Waals surface area contributed by atoms with Gasteiger partial charge < -0.3 is 4.74 Å². The van der Waals surface area contributed by atoms with Crippen LogP contribution in [0, 0.1) is 0 Å². The van der Waals surface area contributed by atoms with Crippen LogP contribution in [0.5, 0.6) is 5.75 Å². The minimum Gasteiger partial charge on any atom is -0.489 e. The predicted molar refractivity (Wildman–Crippen MR) is 68.5 cm³/mol. The van der Waals surface area contributed by atoms with Gasteiger partial charge in [0, 0.05) is 17.2 Å². The molecule has 0 bridgehead atoms. The molecule has 17 heavy (non-hydrogen) atoms. The number of hydrogen-bond donors (Lipinski definition) is 0. The summed E-state index contributed by atoms with van der Waals surface area (Å²) in [4.78, 5) is 1.40. The number of hydrogen-bond acceptors (Lipinski definition) is 3. The molecule has 0 fully saturated rings. The van der Waals surface area contributed by atoms with E-state index in [4.69, 9.17) is 4.74 Å². The standard InChI is InChI=1S/C13H14N2OS/c1-15-8-11(7-14-15)16-9-12-6-10-4-2-3-5-13(10)17-12/h2-5,7-8,12H,6,9H2,1H3. The zero-order chi connectivity index (χ0) is 11.7. The van der Waals surface area contributed by atoms with Crippen molar-refractivity contribution in [3.05, 3.63) is 42.2 Å². The Hall–Kier alpha value is -1.42. The molecule has 4 heteroatoms. The van der Waals surface area contributed by atoms with E-state index in [1.807, 2.05) is 25.0 Å². The van der Waals surface area contributed by atoms with Gasteiger partial charge in [-0.1, -0.05) is 18.2 Å². The van der Waals surface area contributed by atoms with Gasteiger partial charge in [0.1, 0.15) is 6.61 Å². The fourth-order valence-electron chi connectivity index (χ4n) is 2.01. The molecule has 0 saturated heterocycles. The Morgan fingerprint density at radius 1 is 1.47 bits per heavy atom. The third-order valence-electron chi connectivity index (χ3n) is 2.83. The summed E-state index contributed by atoms with van der Waals surface area (Å²) in [5, 5.41) is 4.61. The first-order chi connectivity index (χ1) is 8.31. The SMILES string of the molecule is Cn1cc(OCC2Cc3ccccc3S2)cn1. The lowest BCUT2D eigenvalue weighted by atomic mass is 10.1. The molecule has 0 spiro atoms. The van der Waals surface area contributed by atoms with Crippen molar-refractivity contribution in [2.45, 2.75) is 16.6 Å². The molecule has 0 saturated carbocycles. The number of ether oxygens (including phenoxy) is 1. The number of fused-ring (bicyclic) bond motifs is 1. The average Bonchev–Trinajstić information content (AvgIpc) is 2.91. The van der Waals surface area contributed by atoms with Gasteiger partial charge in [0.05, 0.1) is 12.4 Å². The fourth-order valence-corrected chi connectivity index (χ4v) is 3.23. The van der Waals surface area contributed by atoms with Crippen LogP contribution in [0.15, 0.2) is 41.6 Å². The van der Waals surface area contributed by atoms with Crippen LogP contribution >= 0.6 is 11.8 Å². The van der Waals surface area contributed by atoms with Gasteiger partial charge in [-0.3, -0.25) is 4.68 Å². The molecule has 0 amide bonds. The quantitative estimate of drug-likeness (QED) is 0.832. The highest BCUT2D eigenvalue weighted by atomic mass is 32.2. The molecule has 0 N–H and O–H groups in total. The minimum absolute atomic E-state index is 0.521. The molecule has 1 unspecified atom stereocenters. The molecule has 1 aliphatic rings. The van der Waals surface area contributed by atoms with E-state index in [2.05, 4.69) is 29.4 Å². The van der Waals surface area contributed by atoms with Gasteiger partial charge in [0.15, 0.2) is 5.75 Å². The van der Waals surface area contributed by atoms with Crippen LogP contribution in [0.2, 0.25) is 0 Å². The van der Waals surface area contributed by atoms with Crippen LogP contribution < -0.4 is 4.74 Å². The smallest absolute Gasteiger partial charge is 0.157 e. The van der Waals surface area contributed by atoms with Gasteiger partial charge in [-0.15, -0.1) is 11.8 Å². The second kappa shape index (κ2) is 4.45. The monoisotopic (exact) mass is 246 g/mol. The zero-order valence-electron chi connectivity index (χ0n) is 9.67. The Kier molecular flexibility index (Phi) is 2.81. The van der Waals surface area contributed by atoms with Crippen LogP contribution in [-0.2, 0) is 13.5 Å². The van der Waals surface area contributed by atoms with Crippen molar-refractivity contribution in [1.82, 2.24) is 9.78 Å². The summed E-state index contributed by atoms with van der Waals surface area (Å²) in [6.45, 7) is 0.741. The van der Waals surface area contributed by atoms with Gasteiger partial charge in [-0.05, 0) is 18.1 Å². The number of aromatic nitrogens is 2. The van der Waals surface area contributed by atoms with Gasteiger partial charge in [0.25, 0.3) is 0 Å². The lowest BCUT2D eigenvalue weighted by Gasteiger charge is -2.08. The van der Waals surface area contributed by atoms with Crippen molar-refractivity contribution in [2.24, 2.45) is 7.05 Å². The molecule has 2 heterocycles. The molecule has 0 radical (unpaired) electrons. The van der Waals surface area contributed by atoms with Crippen LogP contribution in [0.3, 0.4) is 0 Å². The van der Waals surface area contributed by atoms with Crippen LogP contribution in [-0.4, -0.2) is 21.6 Å². The van der Waals surface area contributed by atoms with E-state index < -0.39 is 0 Å². The van der Waals surface area contributed by atoms with Crippen molar-refractivity contribution < 1.29 is 4.74 Å². The first kappa shape index (κ1) is 10.7. The highest BCUT2D eigenvalue weighted by molar-refractivity contribution is 8.00. The molecule has 3 rings (SSSR count). The third kappa shape index (κ3) is 2.31. The molecule has 2 aromatic rings. The second-order valence-electron chi connectivity index (χ2n) is 4.21. The molecule has 1 atom stereocenters.